The van der Waals surface area contributed by atoms with Crippen molar-refractivity contribution in [2.75, 3.05) is 0 Å². The number of carbonyl (C=O) groups excluding carboxylic acids is 1. The van der Waals surface area contributed by atoms with Crippen LogP contribution in [-0.4, -0.2) is 5.78 Å². The van der Waals surface area contributed by atoms with Crippen LogP contribution in [0.25, 0.3) is 0 Å². The zero-order chi connectivity index (χ0) is 11.6. The molecule has 0 amide bonds. The van der Waals surface area contributed by atoms with Gasteiger partial charge in [0.15, 0.2) is 0 Å². The van der Waals surface area contributed by atoms with Crippen molar-refractivity contribution in [1.82, 2.24) is 0 Å². The van der Waals surface area contributed by atoms with E-state index in [1.807, 2.05) is 0 Å². The van der Waals surface area contributed by atoms with Gasteiger partial charge in [0.1, 0.15) is 5.78 Å². The number of rotatable bonds is 0. The maximum Gasteiger partial charge on any atom is 0.133 e. The molecular formula is C15H26O. The Morgan fingerprint density at radius 3 is 2.50 bits per heavy atom. The van der Waals surface area contributed by atoms with E-state index in [1.165, 1.54) is 38.5 Å². The smallest absolute Gasteiger partial charge is 0.133 e. The van der Waals surface area contributed by atoms with Crippen LogP contribution in [-0.2, 0) is 4.79 Å². The quantitative estimate of drug-likeness (QED) is 0.545. The molecule has 0 radical (unpaired) electrons. The van der Waals surface area contributed by atoms with Gasteiger partial charge in [-0.15, -0.1) is 0 Å². The molecule has 0 aromatic heterocycles. The van der Waals surface area contributed by atoms with E-state index in [4.69, 9.17) is 0 Å². The van der Waals surface area contributed by atoms with Gasteiger partial charge in [0.05, 0.1) is 0 Å². The Kier molecular flexibility index (Phi) is 7.20. The van der Waals surface area contributed by atoms with E-state index in [1.54, 1.807) is 0 Å². The Bertz CT molecular complexity index is 217. The van der Waals surface area contributed by atoms with Crippen molar-refractivity contribution >= 4 is 5.78 Å². The lowest BCUT2D eigenvalue weighted by Crippen LogP contribution is -2.04. The Morgan fingerprint density at radius 1 is 1.00 bits per heavy atom. The van der Waals surface area contributed by atoms with Crippen molar-refractivity contribution in [3.8, 4) is 0 Å². The minimum Gasteiger partial charge on any atom is -0.300 e. The van der Waals surface area contributed by atoms with Crippen LogP contribution in [0.3, 0.4) is 0 Å². The van der Waals surface area contributed by atoms with Crippen LogP contribution in [0.1, 0.15) is 71.1 Å². The van der Waals surface area contributed by atoms with Gasteiger partial charge in [-0.1, -0.05) is 44.8 Å². The summed E-state index contributed by atoms with van der Waals surface area (Å²) in [7, 11) is 0. The summed E-state index contributed by atoms with van der Waals surface area (Å²) in [6, 6.07) is 0. The summed E-state index contributed by atoms with van der Waals surface area (Å²) in [4.78, 5) is 11.6. The fourth-order valence-corrected chi connectivity index (χ4v) is 2.31. The molecule has 1 nitrogen and oxygen atoms in total. The van der Waals surface area contributed by atoms with Crippen molar-refractivity contribution in [2.24, 2.45) is 5.92 Å². The highest BCUT2D eigenvalue weighted by molar-refractivity contribution is 5.78. The zero-order valence-corrected chi connectivity index (χ0v) is 10.7. The predicted molar refractivity (Wildman–Crippen MR) is 69.5 cm³/mol. The second-order valence-corrected chi connectivity index (χ2v) is 5.22. The van der Waals surface area contributed by atoms with Crippen LogP contribution in [0.5, 0.6) is 0 Å². The largest absolute Gasteiger partial charge is 0.300 e. The molecule has 1 rings (SSSR count). The fourth-order valence-electron chi connectivity index (χ4n) is 2.31. The fraction of sp³-hybridized carbons (Fsp3) is 0.800. The normalized spacial score (nSPS) is 28.3. The van der Waals surface area contributed by atoms with E-state index in [2.05, 4.69) is 19.1 Å². The molecular weight excluding hydrogens is 196 g/mol. The maximum atomic E-state index is 11.6. The molecule has 0 aliphatic heterocycles. The van der Waals surface area contributed by atoms with Gasteiger partial charge in [-0.3, -0.25) is 4.79 Å². The van der Waals surface area contributed by atoms with Gasteiger partial charge in [-0.05, 0) is 31.6 Å². The molecule has 0 fully saturated rings. The molecule has 92 valence electrons. The van der Waals surface area contributed by atoms with Crippen LogP contribution in [0.4, 0.5) is 0 Å². The summed E-state index contributed by atoms with van der Waals surface area (Å²) in [5, 5.41) is 0. The first-order valence-corrected chi connectivity index (χ1v) is 6.95. The van der Waals surface area contributed by atoms with E-state index in [9.17, 15) is 4.79 Å². The molecule has 0 aromatic rings. The minimum atomic E-state index is 0.470. The minimum absolute atomic E-state index is 0.470. The maximum absolute atomic E-state index is 11.6. The Hall–Kier alpha value is -0.590. The molecule has 1 heteroatoms. The molecule has 0 saturated carbocycles. The van der Waals surface area contributed by atoms with E-state index >= 15 is 0 Å². The summed E-state index contributed by atoms with van der Waals surface area (Å²) in [6.45, 7) is 2.19. The molecule has 0 aromatic carbocycles. The standard InChI is InChI=1S/C15H26O/c1-14-11-9-7-5-3-2-4-6-8-10-12-15(16)13-14/h7,9,14H,2-6,8,10-13H2,1H3/b9-7+. The van der Waals surface area contributed by atoms with Crippen molar-refractivity contribution in [1.29, 1.82) is 0 Å². The molecule has 0 saturated heterocycles. The number of allylic oxidation sites excluding steroid dienone is 2. The van der Waals surface area contributed by atoms with Gasteiger partial charge in [0.2, 0.25) is 0 Å². The molecule has 0 heterocycles. The number of carbonyl (C=O) groups is 1. The third-order valence-corrected chi connectivity index (χ3v) is 3.36. The summed E-state index contributed by atoms with van der Waals surface area (Å²) >= 11 is 0. The first kappa shape index (κ1) is 13.5. The van der Waals surface area contributed by atoms with Gasteiger partial charge >= 0.3 is 0 Å². The third-order valence-electron chi connectivity index (χ3n) is 3.36. The monoisotopic (exact) mass is 222 g/mol. The van der Waals surface area contributed by atoms with E-state index in [0.717, 1.165) is 25.7 Å². The van der Waals surface area contributed by atoms with E-state index in [0.29, 0.717) is 11.7 Å². The lowest BCUT2D eigenvalue weighted by Gasteiger charge is -2.08. The molecule has 1 aliphatic rings. The van der Waals surface area contributed by atoms with Crippen LogP contribution >= 0.6 is 0 Å². The molecule has 0 spiro atoms. The van der Waals surface area contributed by atoms with Crippen LogP contribution in [0, 0.1) is 5.92 Å². The Labute approximate surface area is 100 Å². The van der Waals surface area contributed by atoms with E-state index in [-0.39, 0.29) is 0 Å². The van der Waals surface area contributed by atoms with Gasteiger partial charge < -0.3 is 0 Å². The molecule has 16 heavy (non-hydrogen) atoms. The van der Waals surface area contributed by atoms with Gasteiger partial charge in [-0.2, -0.15) is 0 Å². The summed E-state index contributed by atoms with van der Waals surface area (Å²) < 4.78 is 0. The number of hydrogen-bond acceptors (Lipinski definition) is 1. The Balaban J connectivity index is 2.33. The highest BCUT2D eigenvalue weighted by atomic mass is 16.1. The number of hydrogen-bond donors (Lipinski definition) is 0. The first-order valence-electron chi connectivity index (χ1n) is 6.95. The second-order valence-electron chi connectivity index (χ2n) is 5.22. The third kappa shape index (κ3) is 6.81. The summed E-state index contributed by atoms with van der Waals surface area (Å²) in [5.41, 5.74) is 0. The van der Waals surface area contributed by atoms with Gasteiger partial charge in [0, 0.05) is 12.8 Å². The average Bonchev–Trinajstić information content (AvgIpc) is 2.25. The lowest BCUT2D eigenvalue weighted by molar-refractivity contribution is -0.119. The Morgan fingerprint density at radius 2 is 1.69 bits per heavy atom. The van der Waals surface area contributed by atoms with Crippen molar-refractivity contribution in [3.05, 3.63) is 12.2 Å². The average molecular weight is 222 g/mol. The summed E-state index contributed by atoms with van der Waals surface area (Å²) in [6.07, 6.45) is 16.2. The van der Waals surface area contributed by atoms with Crippen molar-refractivity contribution in [2.45, 2.75) is 71.1 Å². The SMILES string of the molecule is CC1C/C=C/CCCCCCCCC(=O)C1. The van der Waals surface area contributed by atoms with Crippen LogP contribution < -0.4 is 0 Å². The van der Waals surface area contributed by atoms with Crippen molar-refractivity contribution in [3.63, 3.8) is 0 Å². The van der Waals surface area contributed by atoms with Crippen LogP contribution in [0.2, 0.25) is 0 Å². The zero-order valence-electron chi connectivity index (χ0n) is 10.7. The highest BCUT2D eigenvalue weighted by Gasteiger charge is 2.07. The van der Waals surface area contributed by atoms with Crippen LogP contribution in [0.15, 0.2) is 12.2 Å². The first-order chi connectivity index (χ1) is 7.79. The number of ketones is 1. The molecule has 1 unspecified atom stereocenters. The van der Waals surface area contributed by atoms with Crippen molar-refractivity contribution < 1.29 is 4.79 Å². The topological polar surface area (TPSA) is 17.1 Å². The molecule has 1 aliphatic carbocycles. The highest BCUT2D eigenvalue weighted by Crippen LogP contribution is 2.15. The lowest BCUT2D eigenvalue weighted by atomic mass is 9.97. The second kappa shape index (κ2) is 8.55. The molecule has 1 atom stereocenters. The van der Waals surface area contributed by atoms with Gasteiger partial charge in [0.25, 0.3) is 0 Å². The molecule has 0 bridgehead atoms. The molecule has 0 N–H and O–H groups in total. The van der Waals surface area contributed by atoms with Gasteiger partial charge in [-0.25, -0.2) is 0 Å². The van der Waals surface area contributed by atoms with E-state index < -0.39 is 0 Å². The predicted octanol–water partition coefficient (Wildman–Crippen LogP) is 4.66. The number of Topliss-reactive ketones (excluding diaryl/α,β-unsaturated/α-hetero) is 1. The summed E-state index contributed by atoms with van der Waals surface area (Å²) in [5.74, 6) is 1.00.